The van der Waals surface area contributed by atoms with Crippen molar-refractivity contribution < 1.29 is 14.4 Å². The smallest absolute Gasteiger partial charge is 0.244 e. The molecule has 0 unspecified atom stereocenters. The molecule has 1 amide bonds. The van der Waals surface area contributed by atoms with Crippen LogP contribution in [0.2, 0.25) is 0 Å². The second-order valence-corrected chi connectivity index (χ2v) is 7.58. The molecule has 0 radical (unpaired) electrons. The Balaban J connectivity index is 1.89. The fraction of sp³-hybridized carbons (Fsp3) is 0.789. The molecule has 1 fully saturated rings. The van der Waals surface area contributed by atoms with E-state index in [1.165, 1.54) is 38.5 Å². The summed E-state index contributed by atoms with van der Waals surface area (Å²) in [5, 5.41) is 12.2. The number of rotatable bonds is 10. The molecule has 1 aromatic rings. The fourth-order valence-corrected chi connectivity index (χ4v) is 3.61. The molecule has 1 saturated carbocycles. The van der Waals surface area contributed by atoms with Crippen molar-refractivity contribution in [2.75, 3.05) is 0 Å². The van der Waals surface area contributed by atoms with Crippen molar-refractivity contribution in [1.29, 1.82) is 0 Å². The summed E-state index contributed by atoms with van der Waals surface area (Å²) in [7, 11) is 0. The van der Waals surface area contributed by atoms with Gasteiger partial charge in [0.05, 0.1) is 5.69 Å². The van der Waals surface area contributed by atoms with Crippen molar-refractivity contribution in [3.63, 3.8) is 0 Å². The van der Waals surface area contributed by atoms with Crippen LogP contribution in [0.4, 0.5) is 0 Å². The molecule has 142 valence electrons. The minimum absolute atomic E-state index is 0.0801. The number of carbonyl (C=O) groups is 1. The zero-order chi connectivity index (χ0) is 18.1. The highest BCUT2D eigenvalue weighted by molar-refractivity contribution is 5.75. The highest BCUT2D eigenvalue weighted by Crippen LogP contribution is 2.31. The van der Waals surface area contributed by atoms with E-state index in [-0.39, 0.29) is 18.2 Å². The highest BCUT2D eigenvalue weighted by atomic mass is 16.5. The number of aromatic nitrogens is 1. The standard InChI is InChI=1S/C19H33N3O3/c1-14(2)20-12-17-13-25-19(21-17)16(11-18(23)22-24)10-6-9-15-7-4-3-5-8-15/h13-16,20,24H,3-12H2,1-2H3,(H,22,23)/t16-/m0/s1. The van der Waals surface area contributed by atoms with Crippen LogP contribution in [0.3, 0.4) is 0 Å². The number of carbonyl (C=O) groups excluding carboxylic acids is 1. The van der Waals surface area contributed by atoms with Gasteiger partial charge < -0.3 is 9.73 Å². The fourth-order valence-electron chi connectivity index (χ4n) is 3.61. The third kappa shape index (κ3) is 7.16. The van der Waals surface area contributed by atoms with Gasteiger partial charge in [0, 0.05) is 24.9 Å². The van der Waals surface area contributed by atoms with E-state index < -0.39 is 0 Å². The van der Waals surface area contributed by atoms with Gasteiger partial charge in [0.1, 0.15) is 6.26 Å². The van der Waals surface area contributed by atoms with Gasteiger partial charge in [-0.25, -0.2) is 10.5 Å². The predicted octanol–water partition coefficient (Wildman–Crippen LogP) is 3.90. The lowest BCUT2D eigenvalue weighted by molar-refractivity contribution is -0.129. The van der Waals surface area contributed by atoms with Gasteiger partial charge in [-0.3, -0.25) is 10.0 Å². The van der Waals surface area contributed by atoms with Crippen LogP contribution in [0.25, 0.3) is 0 Å². The lowest BCUT2D eigenvalue weighted by Gasteiger charge is -2.22. The summed E-state index contributed by atoms with van der Waals surface area (Å²) in [6.07, 6.45) is 11.8. The SMILES string of the molecule is CC(C)NCc1coc([C@@H](CCCC2CCCCC2)CC(=O)NO)n1. The Morgan fingerprint density at radius 3 is 2.80 bits per heavy atom. The van der Waals surface area contributed by atoms with Gasteiger partial charge in [0.2, 0.25) is 5.91 Å². The van der Waals surface area contributed by atoms with Crippen molar-refractivity contribution in [3.8, 4) is 0 Å². The summed E-state index contributed by atoms with van der Waals surface area (Å²) in [6, 6.07) is 0.381. The Morgan fingerprint density at radius 1 is 1.36 bits per heavy atom. The van der Waals surface area contributed by atoms with E-state index >= 15 is 0 Å². The summed E-state index contributed by atoms with van der Waals surface area (Å²) in [4.78, 5) is 16.2. The van der Waals surface area contributed by atoms with E-state index in [4.69, 9.17) is 9.62 Å². The molecule has 6 heteroatoms. The molecule has 0 aliphatic heterocycles. The van der Waals surface area contributed by atoms with E-state index in [1.54, 1.807) is 11.7 Å². The van der Waals surface area contributed by atoms with Crippen LogP contribution in [-0.2, 0) is 11.3 Å². The maximum absolute atomic E-state index is 11.6. The number of hydrogen-bond donors (Lipinski definition) is 3. The third-order valence-corrected chi connectivity index (χ3v) is 5.06. The van der Waals surface area contributed by atoms with E-state index in [1.807, 2.05) is 0 Å². The lowest BCUT2D eigenvalue weighted by Crippen LogP contribution is -2.22. The van der Waals surface area contributed by atoms with Crippen LogP contribution < -0.4 is 10.8 Å². The molecule has 25 heavy (non-hydrogen) atoms. The first kappa shape index (κ1) is 19.9. The molecule has 3 N–H and O–H groups in total. The number of amides is 1. The van der Waals surface area contributed by atoms with Gasteiger partial charge >= 0.3 is 0 Å². The first-order valence-corrected chi connectivity index (χ1v) is 9.69. The van der Waals surface area contributed by atoms with Crippen LogP contribution in [0.1, 0.15) is 89.1 Å². The first-order valence-electron chi connectivity index (χ1n) is 9.69. The molecule has 2 rings (SSSR count). The molecular weight excluding hydrogens is 318 g/mol. The Bertz CT molecular complexity index is 510. The highest BCUT2D eigenvalue weighted by Gasteiger charge is 2.22. The summed E-state index contributed by atoms with van der Waals surface area (Å²) in [6.45, 7) is 4.82. The van der Waals surface area contributed by atoms with Gasteiger partial charge in [-0.15, -0.1) is 0 Å². The second kappa shape index (κ2) is 10.6. The van der Waals surface area contributed by atoms with Crippen LogP contribution in [0, 0.1) is 5.92 Å². The average molecular weight is 351 g/mol. The minimum atomic E-state index is -0.386. The van der Waals surface area contributed by atoms with Crippen molar-refractivity contribution in [2.24, 2.45) is 5.92 Å². The molecule has 0 saturated heterocycles. The maximum Gasteiger partial charge on any atom is 0.244 e. The molecular formula is C19H33N3O3. The summed E-state index contributed by atoms with van der Waals surface area (Å²) in [5.74, 6) is 0.968. The van der Waals surface area contributed by atoms with Crippen molar-refractivity contribution in [1.82, 2.24) is 15.8 Å². The molecule has 1 heterocycles. The Hall–Kier alpha value is -1.40. The van der Waals surface area contributed by atoms with E-state index in [0.29, 0.717) is 18.5 Å². The average Bonchev–Trinajstić information content (AvgIpc) is 3.08. The Labute approximate surface area is 150 Å². The number of hydroxylamine groups is 1. The summed E-state index contributed by atoms with van der Waals surface area (Å²) in [5.41, 5.74) is 2.58. The maximum atomic E-state index is 11.6. The monoisotopic (exact) mass is 351 g/mol. The predicted molar refractivity (Wildman–Crippen MR) is 96.2 cm³/mol. The minimum Gasteiger partial charge on any atom is -0.448 e. The van der Waals surface area contributed by atoms with Gasteiger partial charge in [-0.1, -0.05) is 58.8 Å². The third-order valence-electron chi connectivity index (χ3n) is 5.06. The molecule has 0 spiro atoms. The zero-order valence-electron chi connectivity index (χ0n) is 15.6. The van der Waals surface area contributed by atoms with Crippen molar-refractivity contribution in [3.05, 3.63) is 17.8 Å². The molecule has 1 aliphatic carbocycles. The van der Waals surface area contributed by atoms with Crippen molar-refractivity contribution >= 4 is 5.91 Å². The lowest BCUT2D eigenvalue weighted by atomic mass is 9.84. The zero-order valence-corrected chi connectivity index (χ0v) is 15.6. The number of nitrogens with one attached hydrogen (secondary N) is 2. The molecule has 0 bridgehead atoms. The topological polar surface area (TPSA) is 87.4 Å². The Morgan fingerprint density at radius 2 is 2.12 bits per heavy atom. The number of nitrogens with zero attached hydrogens (tertiary/aromatic N) is 1. The Kier molecular flexibility index (Phi) is 8.41. The van der Waals surface area contributed by atoms with E-state index in [2.05, 4.69) is 24.1 Å². The molecule has 1 aliphatic rings. The van der Waals surface area contributed by atoms with Gasteiger partial charge in [0.25, 0.3) is 0 Å². The first-order chi connectivity index (χ1) is 12.1. The molecule has 0 aromatic carbocycles. The number of hydrogen-bond acceptors (Lipinski definition) is 5. The quantitative estimate of drug-likeness (QED) is 0.439. The molecule has 1 aromatic heterocycles. The van der Waals surface area contributed by atoms with E-state index in [0.717, 1.165) is 24.5 Å². The second-order valence-electron chi connectivity index (χ2n) is 7.58. The van der Waals surface area contributed by atoms with Crippen LogP contribution in [0.5, 0.6) is 0 Å². The van der Waals surface area contributed by atoms with Crippen molar-refractivity contribution in [2.45, 2.75) is 90.1 Å². The summed E-state index contributed by atoms with van der Waals surface area (Å²) < 4.78 is 5.63. The van der Waals surface area contributed by atoms with E-state index in [9.17, 15) is 4.79 Å². The van der Waals surface area contributed by atoms with Gasteiger partial charge in [0.15, 0.2) is 5.89 Å². The normalized spacial score (nSPS) is 17.0. The molecule has 1 atom stereocenters. The summed E-state index contributed by atoms with van der Waals surface area (Å²) >= 11 is 0. The van der Waals surface area contributed by atoms with Crippen LogP contribution >= 0.6 is 0 Å². The van der Waals surface area contributed by atoms with Gasteiger partial charge in [-0.05, 0) is 12.3 Å². The molecule has 6 nitrogen and oxygen atoms in total. The van der Waals surface area contributed by atoms with Crippen LogP contribution in [0.15, 0.2) is 10.7 Å². The largest absolute Gasteiger partial charge is 0.448 e. The van der Waals surface area contributed by atoms with Gasteiger partial charge in [-0.2, -0.15) is 0 Å². The van der Waals surface area contributed by atoms with Crippen LogP contribution in [-0.4, -0.2) is 22.1 Å². The number of oxazole rings is 1.